The molecular weight excluding hydrogens is 146 g/mol. The van der Waals surface area contributed by atoms with Crippen LogP contribution in [0.5, 0.6) is 0 Å². The molecule has 0 heterocycles. The fourth-order valence-electron chi connectivity index (χ4n) is 1.07. The van der Waals surface area contributed by atoms with Gasteiger partial charge in [-0.3, -0.25) is 4.79 Å². The Kier molecular flexibility index (Phi) is 2.15. The Morgan fingerprint density at radius 3 is 2.55 bits per heavy atom. The smallest absolute Gasteiger partial charge is 0.217 e. The van der Waals surface area contributed by atoms with Gasteiger partial charge in [-0.15, -0.1) is 0 Å². The highest BCUT2D eigenvalue weighted by Crippen LogP contribution is 2.38. The molecule has 0 aromatic carbocycles. The van der Waals surface area contributed by atoms with Crippen LogP contribution >= 0.6 is 0 Å². The fourth-order valence-corrected chi connectivity index (χ4v) is 1.07. The summed E-state index contributed by atoms with van der Waals surface area (Å²) in [5, 5.41) is 20.7. The third-order valence-corrected chi connectivity index (χ3v) is 1.97. The van der Waals surface area contributed by atoms with Crippen molar-refractivity contribution in [3.63, 3.8) is 0 Å². The highest BCUT2D eigenvalue weighted by molar-refractivity contribution is 5.73. The predicted octanol–water partition coefficient (Wildman–Crippen LogP) is -0.992. The molecule has 1 aliphatic rings. The van der Waals surface area contributed by atoms with E-state index in [0.717, 1.165) is 0 Å². The highest BCUT2D eigenvalue weighted by atomic mass is 16.3. The summed E-state index contributed by atoms with van der Waals surface area (Å²) >= 11 is 0. The van der Waals surface area contributed by atoms with Gasteiger partial charge in [0.05, 0.1) is 18.2 Å². The van der Waals surface area contributed by atoms with Crippen LogP contribution in [0.25, 0.3) is 0 Å². The van der Waals surface area contributed by atoms with E-state index in [2.05, 4.69) is 5.32 Å². The standard InChI is InChI=1S/C7H13NO3/c1-5(10)8-6(4-9)7(11)2-3-7/h6,9,11H,2-4H2,1H3,(H,8,10). The van der Waals surface area contributed by atoms with Gasteiger partial charge in [0, 0.05) is 6.92 Å². The molecule has 0 radical (unpaired) electrons. The molecule has 1 rings (SSSR count). The Balaban J connectivity index is 2.43. The summed E-state index contributed by atoms with van der Waals surface area (Å²) in [6.45, 7) is 1.17. The lowest BCUT2D eigenvalue weighted by Crippen LogP contribution is -2.46. The number of carbonyl (C=O) groups excluding carboxylic acids is 1. The molecule has 4 nitrogen and oxygen atoms in total. The van der Waals surface area contributed by atoms with Gasteiger partial charge < -0.3 is 15.5 Å². The summed E-state index contributed by atoms with van der Waals surface area (Å²) in [6, 6.07) is -0.486. The van der Waals surface area contributed by atoms with E-state index >= 15 is 0 Å². The molecule has 0 saturated heterocycles. The minimum atomic E-state index is -0.833. The molecule has 64 valence electrons. The van der Waals surface area contributed by atoms with E-state index in [9.17, 15) is 9.90 Å². The zero-order chi connectivity index (χ0) is 8.48. The van der Waals surface area contributed by atoms with Crippen molar-refractivity contribution >= 4 is 5.91 Å². The first-order valence-electron chi connectivity index (χ1n) is 3.69. The largest absolute Gasteiger partial charge is 0.394 e. The van der Waals surface area contributed by atoms with E-state index in [1.54, 1.807) is 0 Å². The van der Waals surface area contributed by atoms with Crippen molar-refractivity contribution in [3.8, 4) is 0 Å². The van der Waals surface area contributed by atoms with Crippen molar-refractivity contribution in [2.75, 3.05) is 6.61 Å². The van der Waals surface area contributed by atoms with Gasteiger partial charge in [0.2, 0.25) is 5.91 Å². The maximum atomic E-state index is 10.6. The first kappa shape index (κ1) is 8.49. The van der Waals surface area contributed by atoms with Gasteiger partial charge in [0.1, 0.15) is 0 Å². The number of aliphatic hydroxyl groups excluding tert-OH is 1. The molecule has 0 aromatic heterocycles. The van der Waals surface area contributed by atoms with Gasteiger partial charge in [-0.25, -0.2) is 0 Å². The normalized spacial score (nSPS) is 22.5. The van der Waals surface area contributed by atoms with Crippen molar-refractivity contribution in [2.45, 2.75) is 31.4 Å². The van der Waals surface area contributed by atoms with E-state index in [1.807, 2.05) is 0 Å². The van der Waals surface area contributed by atoms with Gasteiger partial charge in [-0.2, -0.15) is 0 Å². The second-order valence-electron chi connectivity index (χ2n) is 3.04. The molecule has 1 aliphatic carbocycles. The molecule has 3 N–H and O–H groups in total. The van der Waals surface area contributed by atoms with Crippen LogP contribution in [-0.4, -0.2) is 34.4 Å². The number of nitrogens with one attached hydrogen (secondary N) is 1. The van der Waals surface area contributed by atoms with Crippen molar-refractivity contribution < 1.29 is 15.0 Å². The van der Waals surface area contributed by atoms with Crippen molar-refractivity contribution in [1.29, 1.82) is 0 Å². The second kappa shape index (κ2) is 2.79. The number of amides is 1. The lowest BCUT2D eigenvalue weighted by molar-refractivity contribution is -0.121. The number of hydrogen-bond acceptors (Lipinski definition) is 3. The van der Waals surface area contributed by atoms with Crippen LogP contribution in [-0.2, 0) is 4.79 Å². The third kappa shape index (κ3) is 1.91. The van der Waals surface area contributed by atoms with Crippen LogP contribution in [0.4, 0.5) is 0 Å². The van der Waals surface area contributed by atoms with Crippen LogP contribution in [0.1, 0.15) is 19.8 Å². The van der Waals surface area contributed by atoms with Crippen LogP contribution in [0.15, 0.2) is 0 Å². The Bertz CT molecular complexity index is 165. The average Bonchev–Trinajstić information content (AvgIpc) is 2.63. The highest BCUT2D eigenvalue weighted by Gasteiger charge is 2.47. The van der Waals surface area contributed by atoms with Crippen LogP contribution in [0, 0.1) is 0 Å². The zero-order valence-corrected chi connectivity index (χ0v) is 6.50. The number of carbonyl (C=O) groups is 1. The monoisotopic (exact) mass is 159 g/mol. The first-order valence-corrected chi connectivity index (χ1v) is 3.69. The van der Waals surface area contributed by atoms with E-state index in [1.165, 1.54) is 6.92 Å². The van der Waals surface area contributed by atoms with Crippen LogP contribution < -0.4 is 5.32 Å². The molecule has 0 spiro atoms. The molecule has 1 amide bonds. The summed E-state index contributed by atoms with van der Waals surface area (Å²) in [7, 11) is 0. The molecule has 1 saturated carbocycles. The Morgan fingerprint density at radius 2 is 2.27 bits per heavy atom. The maximum absolute atomic E-state index is 10.6. The molecule has 1 fully saturated rings. The van der Waals surface area contributed by atoms with E-state index < -0.39 is 11.6 Å². The SMILES string of the molecule is CC(=O)NC(CO)C1(O)CC1. The first-order chi connectivity index (χ1) is 5.08. The minimum Gasteiger partial charge on any atom is -0.394 e. The molecule has 1 atom stereocenters. The Morgan fingerprint density at radius 1 is 1.73 bits per heavy atom. The third-order valence-electron chi connectivity index (χ3n) is 1.97. The van der Waals surface area contributed by atoms with Crippen molar-refractivity contribution in [1.82, 2.24) is 5.32 Å². The Hall–Kier alpha value is -0.610. The molecule has 1 unspecified atom stereocenters. The zero-order valence-electron chi connectivity index (χ0n) is 6.50. The molecule has 0 aromatic rings. The number of aliphatic hydroxyl groups is 2. The molecule has 0 aliphatic heterocycles. The summed E-state index contributed by atoms with van der Waals surface area (Å²) < 4.78 is 0. The molecule has 4 heteroatoms. The minimum absolute atomic E-state index is 0.198. The van der Waals surface area contributed by atoms with E-state index in [0.29, 0.717) is 12.8 Å². The average molecular weight is 159 g/mol. The topological polar surface area (TPSA) is 69.6 Å². The summed E-state index contributed by atoms with van der Waals surface area (Å²) in [5.41, 5.74) is -0.833. The predicted molar refractivity (Wildman–Crippen MR) is 38.9 cm³/mol. The second-order valence-corrected chi connectivity index (χ2v) is 3.04. The van der Waals surface area contributed by atoms with Crippen LogP contribution in [0.3, 0.4) is 0 Å². The van der Waals surface area contributed by atoms with Gasteiger partial charge in [-0.1, -0.05) is 0 Å². The maximum Gasteiger partial charge on any atom is 0.217 e. The van der Waals surface area contributed by atoms with Crippen molar-refractivity contribution in [2.24, 2.45) is 0 Å². The quantitative estimate of drug-likeness (QED) is 0.495. The molecule has 11 heavy (non-hydrogen) atoms. The lowest BCUT2D eigenvalue weighted by atomic mass is 10.1. The van der Waals surface area contributed by atoms with E-state index in [4.69, 9.17) is 5.11 Å². The van der Waals surface area contributed by atoms with Gasteiger partial charge in [-0.05, 0) is 12.8 Å². The van der Waals surface area contributed by atoms with Crippen LogP contribution in [0.2, 0.25) is 0 Å². The fraction of sp³-hybridized carbons (Fsp3) is 0.857. The van der Waals surface area contributed by atoms with Crippen molar-refractivity contribution in [3.05, 3.63) is 0 Å². The van der Waals surface area contributed by atoms with E-state index in [-0.39, 0.29) is 12.5 Å². The summed E-state index contributed by atoms with van der Waals surface area (Å²) in [4.78, 5) is 10.6. The van der Waals surface area contributed by atoms with Gasteiger partial charge in [0.15, 0.2) is 0 Å². The summed E-state index contributed by atoms with van der Waals surface area (Å²) in [6.07, 6.45) is 1.33. The Labute approximate surface area is 65.2 Å². The molecule has 0 bridgehead atoms. The summed E-state index contributed by atoms with van der Waals surface area (Å²) in [5.74, 6) is -0.218. The van der Waals surface area contributed by atoms with Gasteiger partial charge >= 0.3 is 0 Å². The lowest BCUT2D eigenvalue weighted by Gasteiger charge is -2.20. The molecular formula is C7H13NO3. The number of rotatable bonds is 3. The number of hydrogen-bond donors (Lipinski definition) is 3. The van der Waals surface area contributed by atoms with Gasteiger partial charge in [0.25, 0.3) is 0 Å².